The number of fused-ring (bicyclic) bond motifs is 1. The average Bonchev–Trinajstić information content (AvgIpc) is 3.31. The molecule has 2 aliphatic rings. The van der Waals surface area contributed by atoms with Crippen molar-refractivity contribution in [3.05, 3.63) is 35.5 Å². The predicted octanol–water partition coefficient (Wildman–Crippen LogP) is 3.59. The van der Waals surface area contributed by atoms with Gasteiger partial charge in [0.25, 0.3) is 0 Å². The van der Waals surface area contributed by atoms with Crippen LogP contribution in [0.1, 0.15) is 36.9 Å². The van der Waals surface area contributed by atoms with Crippen molar-refractivity contribution in [2.75, 3.05) is 18.0 Å². The van der Waals surface area contributed by atoms with Crippen LogP contribution >= 0.6 is 11.3 Å². The number of carbonyl (C=O) groups excluding carboxylic acids is 1. The highest BCUT2D eigenvalue weighted by Crippen LogP contribution is 2.34. The predicted molar refractivity (Wildman–Crippen MR) is 112 cm³/mol. The van der Waals surface area contributed by atoms with E-state index in [-0.39, 0.29) is 11.8 Å². The lowest BCUT2D eigenvalue weighted by molar-refractivity contribution is -0.125. The van der Waals surface area contributed by atoms with Crippen molar-refractivity contribution in [3.8, 4) is 5.69 Å². The summed E-state index contributed by atoms with van der Waals surface area (Å²) < 4.78 is 3.06. The second-order valence-electron chi connectivity index (χ2n) is 8.05. The molecule has 0 radical (unpaired) electrons. The number of aryl methyl sites for hydroxylation is 2. The molecule has 3 aromatic rings. The molecule has 5 rings (SSSR count). The van der Waals surface area contributed by atoms with Gasteiger partial charge in [-0.3, -0.25) is 4.79 Å². The van der Waals surface area contributed by atoms with Gasteiger partial charge in [-0.2, -0.15) is 10.1 Å². The van der Waals surface area contributed by atoms with Crippen molar-refractivity contribution in [2.24, 2.45) is 5.92 Å². The Labute approximate surface area is 168 Å². The Hall–Kier alpha value is -2.41. The number of benzene rings is 1. The van der Waals surface area contributed by atoms with Gasteiger partial charge >= 0.3 is 0 Å². The third kappa shape index (κ3) is 3.28. The normalized spacial score (nSPS) is 19.9. The second kappa shape index (κ2) is 6.88. The molecule has 2 fully saturated rings. The molecular weight excluding hydrogens is 370 g/mol. The Morgan fingerprint density at radius 3 is 2.71 bits per heavy atom. The number of aromatic nitrogens is 3. The van der Waals surface area contributed by atoms with Gasteiger partial charge in [0.1, 0.15) is 0 Å². The van der Waals surface area contributed by atoms with Crippen molar-refractivity contribution >= 4 is 32.7 Å². The Morgan fingerprint density at radius 2 is 1.96 bits per heavy atom. The number of thiazole rings is 1. The summed E-state index contributed by atoms with van der Waals surface area (Å²) >= 11 is 1.69. The fraction of sp³-hybridized carbons (Fsp3) is 0.476. The zero-order chi connectivity index (χ0) is 19.3. The molecule has 1 saturated carbocycles. The molecule has 1 amide bonds. The lowest BCUT2D eigenvalue weighted by Crippen LogP contribution is -2.43. The minimum Gasteiger partial charge on any atom is -0.353 e. The topological polar surface area (TPSA) is 63.1 Å². The summed E-state index contributed by atoms with van der Waals surface area (Å²) in [6.07, 6.45) is 4.27. The average molecular weight is 396 g/mol. The lowest BCUT2D eigenvalue weighted by Gasteiger charge is -2.31. The number of carbonyl (C=O) groups is 1. The number of rotatable bonds is 4. The summed E-state index contributed by atoms with van der Waals surface area (Å²) in [6.45, 7) is 5.84. The SMILES string of the molecule is Cc1ccc(-n2nc(C)c3sc(N4CCCC(C(=O)NC5CC5)C4)nc32)cc1. The molecule has 1 aromatic carbocycles. The van der Waals surface area contributed by atoms with Crippen molar-refractivity contribution in [1.29, 1.82) is 0 Å². The van der Waals surface area contributed by atoms with E-state index in [4.69, 9.17) is 10.1 Å². The number of piperidine rings is 1. The van der Waals surface area contributed by atoms with Gasteiger partial charge in [-0.05, 0) is 51.7 Å². The van der Waals surface area contributed by atoms with E-state index < -0.39 is 0 Å². The summed E-state index contributed by atoms with van der Waals surface area (Å²) in [7, 11) is 0. The fourth-order valence-corrected chi connectivity index (χ4v) is 4.86. The number of hydrogen-bond donors (Lipinski definition) is 1. The van der Waals surface area contributed by atoms with Gasteiger partial charge in [0.05, 0.1) is 22.0 Å². The van der Waals surface area contributed by atoms with Crippen molar-refractivity contribution in [1.82, 2.24) is 20.1 Å². The molecular formula is C21H25N5OS. The first-order chi connectivity index (χ1) is 13.6. The quantitative estimate of drug-likeness (QED) is 0.733. The maximum absolute atomic E-state index is 12.5. The van der Waals surface area contributed by atoms with E-state index in [2.05, 4.69) is 41.4 Å². The van der Waals surface area contributed by atoms with Crippen molar-refractivity contribution < 1.29 is 4.79 Å². The number of hydrogen-bond acceptors (Lipinski definition) is 5. The monoisotopic (exact) mass is 395 g/mol. The first-order valence-corrected chi connectivity index (χ1v) is 10.9. The minimum atomic E-state index is 0.0658. The van der Waals surface area contributed by atoms with Crippen LogP contribution in [0, 0.1) is 19.8 Å². The first-order valence-electron chi connectivity index (χ1n) is 10.1. The molecule has 1 N–H and O–H groups in total. The summed E-state index contributed by atoms with van der Waals surface area (Å²) in [5.41, 5.74) is 4.16. The van der Waals surface area contributed by atoms with Crippen LogP contribution in [0.4, 0.5) is 5.13 Å². The first kappa shape index (κ1) is 17.7. The molecule has 1 unspecified atom stereocenters. The highest BCUT2D eigenvalue weighted by Gasteiger charge is 2.31. The molecule has 146 valence electrons. The molecule has 0 spiro atoms. The van der Waals surface area contributed by atoms with E-state index in [0.717, 1.165) is 65.6 Å². The third-order valence-electron chi connectivity index (χ3n) is 5.64. The van der Waals surface area contributed by atoms with Crippen LogP contribution < -0.4 is 10.2 Å². The van der Waals surface area contributed by atoms with Gasteiger partial charge in [0.15, 0.2) is 10.8 Å². The van der Waals surface area contributed by atoms with Crippen LogP contribution in [0.15, 0.2) is 24.3 Å². The summed E-state index contributed by atoms with van der Waals surface area (Å²) in [5, 5.41) is 8.87. The van der Waals surface area contributed by atoms with Crippen molar-refractivity contribution in [3.63, 3.8) is 0 Å². The Kier molecular flexibility index (Phi) is 4.34. The Balaban J connectivity index is 1.42. The van der Waals surface area contributed by atoms with E-state index in [1.54, 1.807) is 11.3 Å². The Morgan fingerprint density at radius 1 is 1.18 bits per heavy atom. The molecule has 1 aliphatic carbocycles. The highest BCUT2D eigenvalue weighted by atomic mass is 32.1. The van der Waals surface area contributed by atoms with E-state index in [0.29, 0.717) is 6.04 Å². The standard InChI is InChI=1S/C21H25N5OS/c1-13-5-9-17(10-6-13)26-19-18(14(2)24-26)28-21(23-19)25-11-3-4-15(12-25)20(27)22-16-7-8-16/h5-6,9-10,15-16H,3-4,7-8,11-12H2,1-2H3,(H,22,27). The minimum absolute atomic E-state index is 0.0658. The zero-order valence-electron chi connectivity index (χ0n) is 16.3. The van der Waals surface area contributed by atoms with Crippen LogP contribution in [0.2, 0.25) is 0 Å². The van der Waals surface area contributed by atoms with Crippen LogP contribution in [0.5, 0.6) is 0 Å². The van der Waals surface area contributed by atoms with Crippen LogP contribution in [0.25, 0.3) is 16.0 Å². The Bertz CT molecular complexity index is 1020. The van der Waals surface area contributed by atoms with Gasteiger partial charge in [0, 0.05) is 19.1 Å². The summed E-state index contributed by atoms with van der Waals surface area (Å²) in [5.74, 6) is 0.284. The van der Waals surface area contributed by atoms with Gasteiger partial charge in [-0.25, -0.2) is 4.68 Å². The molecule has 28 heavy (non-hydrogen) atoms. The molecule has 1 saturated heterocycles. The van der Waals surface area contributed by atoms with Crippen LogP contribution in [0.3, 0.4) is 0 Å². The lowest BCUT2D eigenvalue weighted by atomic mass is 9.97. The third-order valence-corrected chi connectivity index (χ3v) is 6.86. The molecule has 2 aromatic heterocycles. The van der Waals surface area contributed by atoms with E-state index in [1.165, 1.54) is 5.56 Å². The van der Waals surface area contributed by atoms with E-state index >= 15 is 0 Å². The molecule has 7 heteroatoms. The molecule has 1 aliphatic heterocycles. The highest BCUT2D eigenvalue weighted by molar-refractivity contribution is 7.22. The number of nitrogens with zero attached hydrogens (tertiary/aromatic N) is 4. The molecule has 1 atom stereocenters. The van der Waals surface area contributed by atoms with Gasteiger partial charge in [-0.1, -0.05) is 29.0 Å². The van der Waals surface area contributed by atoms with E-state index in [1.807, 2.05) is 11.6 Å². The van der Waals surface area contributed by atoms with Crippen LogP contribution in [-0.2, 0) is 4.79 Å². The summed E-state index contributed by atoms with van der Waals surface area (Å²) in [4.78, 5) is 19.7. The molecule has 3 heterocycles. The zero-order valence-corrected chi connectivity index (χ0v) is 17.1. The van der Waals surface area contributed by atoms with Gasteiger partial charge in [0.2, 0.25) is 5.91 Å². The second-order valence-corrected chi connectivity index (χ2v) is 9.03. The van der Waals surface area contributed by atoms with Crippen molar-refractivity contribution in [2.45, 2.75) is 45.6 Å². The molecule has 6 nitrogen and oxygen atoms in total. The van der Waals surface area contributed by atoms with Gasteiger partial charge < -0.3 is 10.2 Å². The van der Waals surface area contributed by atoms with Crippen LogP contribution in [-0.4, -0.2) is 39.8 Å². The number of anilines is 1. The maximum atomic E-state index is 12.5. The van der Waals surface area contributed by atoms with Gasteiger partial charge in [-0.15, -0.1) is 0 Å². The summed E-state index contributed by atoms with van der Waals surface area (Å²) in [6, 6.07) is 8.78. The number of amides is 1. The van der Waals surface area contributed by atoms with E-state index in [9.17, 15) is 4.79 Å². The largest absolute Gasteiger partial charge is 0.353 e. The maximum Gasteiger partial charge on any atom is 0.225 e. The molecule has 0 bridgehead atoms. The fourth-order valence-electron chi connectivity index (χ4n) is 3.84. The smallest absolute Gasteiger partial charge is 0.225 e. The number of nitrogens with one attached hydrogen (secondary N) is 1.